The predicted octanol–water partition coefficient (Wildman–Crippen LogP) is 0.592. The summed E-state index contributed by atoms with van der Waals surface area (Å²) in [5.74, 6) is 0.801. The van der Waals surface area contributed by atoms with E-state index in [0.29, 0.717) is 19.5 Å². The molecule has 3 rings (SSSR count). The Labute approximate surface area is 160 Å². The molecule has 1 aromatic carbocycles. The van der Waals surface area contributed by atoms with E-state index in [1.807, 2.05) is 42.9 Å². The SMILES string of the molecule is CN1[C@@H](CC(=O)NCc2nc3ccccc3n2C)CC[C@H]1CNS(C)(=O)=O. The van der Waals surface area contributed by atoms with Crippen molar-refractivity contribution in [2.24, 2.45) is 7.05 Å². The van der Waals surface area contributed by atoms with Crippen LogP contribution < -0.4 is 10.0 Å². The quantitative estimate of drug-likeness (QED) is 0.718. The lowest BCUT2D eigenvalue weighted by atomic mass is 10.1. The Morgan fingerprint density at radius 1 is 1.22 bits per heavy atom. The van der Waals surface area contributed by atoms with Gasteiger partial charge in [-0.05, 0) is 32.0 Å². The van der Waals surface area contributed by atoms with Crippen molar-refractivity contribution in [1.82, 2.24) is 24.5 Å². The van der Waals surface area contributed by atoms with Gasteiger partial charge in [0.1, 0.15) is 5.82 Å². The van der Waals surface area contributed by atoms with Crippen LogP contribution in [0.25, 0.3) is 11.0 Å². The van der Waals surface area contributed by atoms with E-state index in [2.05, 4.69) is 19.9 Å². The van der Waals surface area contributed by atoms with Crippen molar-refractivity contribution in [3.63, 3.8) is 0 Å². The Morgan fingerprint density at radius 3 is 2.63 bits per heavy atom. The van der Waals surface area contributed by atoms with Crippen LogP contribution in [0.4, 0.5) is 0 Å². The molecule has 2 heterocycles. The molecule has 0 aliphatic carbocycles. The number of fused-ring (bicyclic) bond motifs is 1. The number of para-hydroxylation sites is 2. The highest BCUT2D eigenvalue weighted by Gasteiger charge is 2.32. The van der Waals surface area contributed by atoms with Crippen molar-refractivity contribution < 1.29 is 13.2 Å². The second-order valence-corrected chi connectivity index (χ2v) is 9.06. The van der Waals surface area contributed by atoms with E-state index in [0.717, 1.165) is 36.0 Å². The summed E-state index contributed by atoms with van der Waals surface area (Å²) in [7, 11) is 0.700. The molecule has 8 nitrogen and oxygen atoms in total. The summed E-state index contributed by atoms with van der Waals surface area (Å²) in [5, 5.41) is 2.96. The van der Waals surface area contributed by atoms with Crippen LogP contribution in [-0.4, -0.2) is 60.7 Å². The Balaban J connectivity index is 1.51. The number of sulfonamides is 1. The maximum absolute atomic E-state index is 12.4. The van der Waals surface area contributed by atoms with Crippen LogP contribution in [0.2, 0.25) is 0 Å². The number of likely N-dealkylation sites (N-methyl/N-ethyl adjacent to an activating group) is 1. The molecule has 2 atom stereocenters. The molecule has 0 radical (unpaired) electrons. The third-order valence-electron chi connectivity index (χ3n) is 5.31. The number of carbonyl (C=O) groups is 1. The lowest BCUT2D eigenvalue weighted by molar-refractivity contribution is -0.122. The predicted molar refractivity (Wildman–Crippen MR) is 105 cm³/mol. The van der Waals surface area contributed by atoms with Gasteiger partial charge in [-0.15, -0.1) is 0 Å². The third-order valence-corrected chi connectivity index (χ3v) is 6.00. The van der Waals surface area contributed by atoms with Crippen LogP contribution in [-0.2, 0) is 28.4 Å². The molecule has 27 heavy (non-hydrogen) atoms. The summed E-state index contributed by atoms with van der Waals surface area (Å²) in [4.78, 5) is 19.0. The number of hydrogen-bond donors (Lipinski definition) is 2. The zero-order chi connectivity index (χ0) is 19.6. The summed E-state index contributed by atoms with van der Waals surface area (Å²) in [6.07, 6.45) is 3.32. The highest BCUT2D eigenvalue weighted by Crippen LogP contribution is 2.24. The first-order chi connectivity index (χ1) is 12.7. The average Bonchev–Trinajstić information content (AvgIpc) is 3.12. The second kappa shape index (κ2) is 7.95. The number of nitrogens with one attached hydrogen (secondary N) is 2. The van der Waals surface area contributed by atoms with Crippen molar-refractivity contribution in [3.8, 4) is 0 Å². The fourth-order valence-electron chi connectivity index (χ4n) is 3.65. The van der Waals surface area contributed by atoms with Gasteiger partial charge in [0.05, 0.1) is 23.8 Å². The van der Waals surface area contributed by atoms with Gasteiger partial charge in [0.25, 0.3) is 0 Å². The monoisotopic (exact) mass is 393 g/mol. The van der Waals surface area contributed by atoms with E-state index < -0.39 is 10.0 Å². The number of rotatable bonds is 7. The smallest absolute Gasteiger partial charge is 0.221 e. The van der Waals surface area contributed by atoms with Gasteiger partial charge in [-0.2, -0.15) is 0 Å². The molecule has 2 aromatic rings. The summed E-state index contributed by atoms with van der Waals surface area (Å²) in [6.45, 7) is 0.771. The van der Waals surface area contributed by atoms with Crippen LogP contribution in [0, 0.1) is 0 Å². The molecule has 0 spiro atoms. The average molecular weight is 394 g/mol. The number of likely N-dealkylation sites (tertiary alicyclic amines) is 1. The molecule has 0 saturated carbocycles. The minimum absolute atomic E-state index is 0.0179. The number of benzene rings is 1. The molecular weight excluding hydrogens is 366 g/mol. The van der Waals surface area contributed by atoms with Gasteiger partial charge in [0.2, 0.25) is 15.9 Å². The van der Waals surface area contributed by atoms with E-state index >= 15 is 0 Å². The van der Waals surface area contributed by atoms with Crippen LogP contribution in [0.5, 0.6) is 0 Å². The Morgan fingerprint density at radius 2 is 1.93 bits per heavy atom. The molecule has 1 aliphatic heterocycles. The van der Waals surface area contributed by atoms with Gasteiger partial charge in [-0.3, -0.25) is 9.69 Å². The van der Waals surface area contributed by atoms with Gasteiger partial charge < -0.3 is 9.88 Å². The molecule has 1 fully saturated rings. The zero-order valence-corrected chi connectivity index (χ0v) is 16.8. The number of amides is 1. The molecule has 9 heteroatoms. The number of nitrogens with zero attached hydrogens (tertiary/aromatic N) is 3. The van der Waals surface area contributed by atoms with E-state index in [1.165, 1.54) is 0 Å². The molecule has 148 valence electrons. The van der Waals surface area contributed by atoms with Gasteiger partial charge >= 0.3 is 0 Å². The number of carbonyl (C=O) groups excluding carboxylic acids is 1. The van der Waals surface area contributed by atoms with Crippen molar-refractivity contribution in [1.29, 1.82) is 0 Å². The van der Waals surface area contributed by atoms with Crippen molar-refractivity contribution in [2.45, 2.75) is 37.9 Å². The first-order valence-corrected chi connectivity index (χ1v) is 11.0. The summed E-state index contributed by atoms with van der Waals surface area (Å²) in [5.41, 5.74) is 1.96. The molecule has 0 bridgehead atoms. The summed E-state index contributed by atoms with van der Waals surface area (Å²) < 4.78 is 27.1. The Hall–Kier alpha value is -1.97. The normalized spacial score (nSPS) is 21.0. The van der Waals surface area contributed by atoms with Crippen molar-refractivity contribution in [2.75, 3.05) is 19.8 Å². The minimum Gasteiger partial charge on any atom is -0.349 e. The Kier molecular flexibility index (Phi) is 5.83. The molecule has 1 saturated heterocycles. The van der Waals surface area contributed by atoms with E-state index in [4.69, 9.17) is 0 Å². The number of aryl methyl sites for hydroxylation is 1. The summed E-state index contributed by atoms with van der Waals surface area (Å²) in [6, 6.07) is 8.12. The maximum atomic E-state index is 12.4. The van der Waals surface area contributed by atoms with E-state index in [-0.39, 0.29) is 18.0 Å². The third kappa shape index (κ3) is 4.85. The van der Waals surface area contributed by atoms with Gasteiger partial charge in [-0.25, -0.2) is 18.1 Å². The van der Waals surface area contributed by atoms with Crippen LogP contribution in [0.15, 0.2) is 24.3 Å². The van der Waals surface area contributed by atoms with E-state index in [1.54, 1.807) is 0 Å². The standard InChI is InChI=1S/C18H27N5O3S/c1-22-13(8-9-14(22)11-20-27(3,25)26)10-18(24)19-12-17-21-15-6-4-5-7-16(15)23(17)2/h4-7,13-14,20H,8-12H2,1-3H3,(H,19,24)/t13-,14+/m1/s1. The Bertz CT molecular complexity index is 924. The molecule has 1 aromatic heterocycles. The zero-order valence-electron chi connectivity index (χ0n) is 16.0. The molecule has 1 amide bonds. The minimum atomic E-state index is -3.20. The van der Waals surface area contributed by atoms with Crippen LogP contribution in [0.1, 0.15) is 25.1 Å². The van der Waals surface area contributed by atoms with Gasteiger partial charge in [0, 0.05) is 32.1 Å². The van der Waals surface area contributed by atoms with Gasteiger partial charge in [0.15, 0.2) is 0 Å². The highest BCUT2D eigenvalue weighted by molar-refractivity contribution is 7.88. The second-order valence-electron chi connectivity index (χ2n) is 7.23. The first-order valence-electron chi connectivity index (χ1n) is 9.08. The number of hydrogen-bond acceptors (Lipinski definition) is 5. The summed E-state index contributed by atoms with van der Waals surface area (Å²) >= 11 is 0. The fraction of sp³-hybridized carbons (Fsp3) is 0.556. The topological polar surface area (TPSA) is 96.3 Å². The molecule has 2 N–H and O–H groups in total. The lowest BCUT2D eigenvalue weighted by Crippen LogP contribution is -2.42. The van der Waals surface area contributed by atoms with Crippen LogP contribution >= 0.6 is 0 Å². The van der Waals surface area contributed by atoms with Crippen molar-refractivity contribution in [3.05, 3.63) is 30.1 Å². The number of imidazole rings is 1. The first kappa shape index (κ1) is 19.8. The molecule has 1 aliphatic rings. The lowest BCUT2D eigenvalue weighted by Gasteiger charge is -2.25. The molecular formula is C18H27N5O3S. The van der Waals surface area contributed by atoms with E-state index in [9.17, 15) is 13.2 Å². The fourth-order valence-corrected chi connectivity index (χ4v) is 4.14. The maximum Gasteiger partial charge on any atom is 0.221 e. The molecule has 0 unspecified atom stereocenters. The van der Waals surface area contributed by atoms with Crippen molar-refractivity contribution >= 4 is 27.0 Å². The number of aromatic nitrogens is 2. The highest BCUT2D eigenvalue weighted by atomic mass is 32.2. The van der Waals surface area contributed by atoms with Crippen LogP contribution in [0.3, 0.4) is 0 Å². The largest absolute Gasteiger partial charge is 0.349 e. The van der Waals surface area contributed by atoms with Gasteiger partial charge in [-0.1, -0.05) is 12.1 Å².